The fourth-order valence-electron chi connectivity index (χ4n) is 8.18. The second-order valence-electron chi connectivity index (χ2n) is 12.8. The molecule has 0 fully saturated rings. The molecule has 0 amide bonds. The zero-order valence-electron chi connectivity index (χ0n) is 26.5. The fourth-order valence-corrected chi connectivity index (χ4v) is 8.18. The summed E-state index contributed by atoms with van der Waals surface area (Å²) in [5.74, 6) is 0. The Morgan fingerprint density at radius 3 is 1.38 bits per heavy atom. The maximum atomic E-state index is 6.61. The SMILES string of the molecule is Cc1c2ccccc2c(-c2cccc3oc4ccc(-c5c6ccccc6c(-c6ccccc6)c6ccccc56)cc4c23)c2ccccc12. The van der Waals surface area contributed by atoms with Crippen LogP contribution in [-0.4, -0.2) is 0 Å². The summed E-state index contributed by atoms with van der Waals surface area (Å²) >= 11 is 0. The highest BCUT2D eigenvalue weighted by Crippen LogP contribution is 2.47. The van der Waals surface area contributed by atoms with E-state index in [-0.39, 0.29) is 0 Å². The third-order valence-electron chi connectivity index (χ3n) is 10.2. The van der Waals surface area contributed by atoms with Gasteiger partial charge in [0.2, 0.25) is 0 Å². The van der Waals surface area contributed by atoms with E-state index < -0.39 is 0 Å². The predicted molar refractivity (Wildman–Crippen MR) is 205 cm³/mol. The molecule has 0 saturated heterocycles. The van der Waals surface area contributed by atoms with E-state index in [1.807, 2.05) is 0 Å². The van der Waals surface area contributed by atoms with Crippen molar-refractivity contribution in [3.63, 3.8) is 0 Å². The van der Waals surface area contributed by atoms with E-state index in [1.165, 1.54) is 82.0 Å². The quantitative estimate of drug-likeness (QED) is 0.181. The van der Waals surface area contributed by atoms with Crippen LogP contribution in [0.1, 0.15) is 5.56 Å². The molecule has 0 saturated carbocycles. The molecule has 10 aromatic rings. The Bertz CT molecular complexity index is 2780. The first-order valence-corrected chi connectivity index (χ1v) is 16.6. The van der Waals surface area contributed by atoms with E-state index in [9.17, 15) is 0 Å². The van der Waals surface area contributed by atoms with E-state index in [0.29, 0.717) is 0 Å². The molecule has 0 radical (unpaired) electrons. The van der Waals surface area contributed by atoms with Crippen molar-refractivity contribution in [2.24, 2.45) is 0 Å². The molecule has 48 heavy (non-hydrogen) atoms. The minimum Gasteiger partial charge on any atom is -0.456 e. The van der Waals surface area contributed by atoms with Crippen molar-refractivity contribution in [2.75, 3.05) is 0 Å². The summed E-state index contributed by atoms with van der Waals surface area (Å²) < 4.78 is 6.61. The minimum absolute atomic E-state index is 0.899. The van der Waals surface area contributed by atoms with E-state index in [4.69, 9.17) is 4.42 Å². The largest absolute Gasteiger partial charge is 0.456 e. The fraction of sp³-hybridized carbons (Fsp3) is 0.0213. The van der Waals surface area contributed by atoms with Crippen molar-refractivity contribution in [2.45, 2.75) is 6.92 Å². The van der Waals surface area contributed by atoms with Gasteiger partial charge in [0, 0.05) is 10.8 Å². The Morgan fingerprint density at radius 1 is 0.333 bits per heavy atom. The van der Waals surface area contributed by atoms with E-state index >= 15 is 0 Å². The van der Waals surface area contributed by atoms with Gasteiger partial charge in [0.25, 0.3) is 0 Å². The van der Waals surface area contributed by atoms with Gasteiger partial charge in [0.15, 0.2) is 0 Å². The second-order valence-corrected chi connectivity index (χ2v) is 12.8. The Balaban J connectivity index is 1.31. The van der Waals surface area contributed by atoms with Crippen LogP contribution < -0.4 is 0 Å². The minimum atomic E-state index is 0.899. The lowest BCUT2D eigenvalue weighted by Gasteiger charge is -2.18. The van der Waals surface area contributed by atoms with Gasteiger partial charge in [-0.05, 0) is 107 Å². The monoisotopic (exact) mass is 610 g/mol. The van der Waals surface area contributed by atoms with Crippen LogP contribution in [0.4, 0.5) is 0 Å². The van der Waals surface area contributed by atoms with Crippen LogP contribution in [0.2, 0.25) is 0 Å². The lowest BCUT2D eigenvalue weighted by atomic mass is 9.85. The standard InChI is InChI=1S/C47H30O/c1-29-32-16-5-7-18-34(32)46(35-19-8-6-17-33(29)35)40-24-13-25-43-47(40)41-28-31(26-27-42(41)48-43)45-38-22-11-9-20-36(38)44(30-14-3-2-4-15-30)37-21-10-12-23-39(37)45/h2-28H,1H3. The first-order valence-electron chi connectivity index (χ1n) is 16.6. The summed E-state index contributed by atoms with van der Waals surface area (Å²) in [6, 6.07) is 59.4. The van der Waals surface area contributed by atoms with Gasteiger partial charge >= 0.3 is 0 Å². The van der Waals surface area contributed by atoms with Gasteiger partial charge in [-0.3, -0.25) is 0 Å². The first kappa shape index (κ1) is 27.0. The summed E-state index contributed by atoms with van der Waals surface area (Å²) in [4.78, 5) is 0. The number of hydrogen-bond acceptors (Lipinski definition) is 1. The molecule has 0 bridgehead atoms. The van der Waals surface area contributed by atoms with Crippen LogP contribution in [0.15, 0.2) is 168 Å². The molecule has 224 valence electrons. The number of rotatable bonds is 3. The van der Waals surface area contributed by atoms with Crippen LogP contribution in [0, 0.1) is 6.92 Å². The van der Waals surface area contributed by atoms with Gasteiger partial charge in [-0.15, -0.1) is 0 Å². The summed E-state index contributed by atoms with van der Waals surface area (Å²) in [6.07, 6.45) is 0. The molecule has 1 heterocycles. The van der Waals surface area contributed by atoms with Crippen molar-refractivity contribution in [3.8, 4) is 33.4 Å². The highest BCUT2D eigenvalue weighted by atomic mass is 16.3. The highest BCUT2D eigenvalue weighted by molar-refractivity contribution is 6.24. The van der Waals surface area contributed by atoms with Gasteiger partial charge < -0.3 is 4.42 Å². The van der Waals surface area contributed by atoms with Gasteiger partial charge in [-0.1, -0.05) is 146 Å². The Hall–Kier alpha value is -6.18. The molecule has 10 rings (SSSR count). The third kappa shape index (κ3) is 3.85. The van der Waals surface area contributed by atoms with Crippen LogP contribution in [0.25, 0.3) is 98.4 Å². The third-order valence-corrected chi connectivity index (χ3v) is 10.2. The van der Waals surface area contributed by atoms with Crippen LogP contribution in [0.5, 0.6) is 0 Å². The number of fused-ring (bicyclic) bond motifs is 7. The Kier molecular flexibility index (Phi) is 5.86. The van der Waals surface area contributed by atoms with Crippen molar-refractivity contribution >= 4 is 65.0 Å². The molecule has 0 aliphatic heterocycles. The smallest absolute Gasteiger partial charge is 0.136 e. The van der Waals surface area contributed by atoms with Crippen LogP contribution >= 0.6 is 0 Å². The molecule has 0 unspecified atom stereocenters. The number of aryl methyl sites for hydroxylation is 1. The van der Waals surface area contributed by atoms with Gasteiger partial charge in [-0.2, -0.15) is 0 Å². The molecule has 1 nitrogen and oxygen atoms in total. The number of benzene rings is 9. The zero-order valence-corrected chi connectivity index (χ0v) is 26.5. The van der Waals surface area contributed by atoms with Crippen molar-refractivity contribution < 1.29 is 4.42 Å². The summed E-state index contributed by atoms with van der Waals surface area (Å²) in [5.41, 5.74) is 10.5. The van der Waals surface area contributed by atoms with E-state index in [1.54, 1.807) is 0 Å². The zero-order chi connectivity index (χ0) is 31.8. The normalized spacial score (nSPS) is 11.9. The van der Waals surface area contributed by atoms with Crippen LogP contribution in [0.3, 0.4) is 0 Å². The van der Waals surface area contributed by atoms with Crippen molar-refractivity contribution in [3.05, 3.63) is 169 Å². The highest BCUT2D eigenvalue weighted by Gasteiger charge is 2.21. The first-order chi connectivity index (χ1) is 23.8. The van der Waals surface area contributed by atoms with Gasteiger partial charge in [-0.25, -0.2) is 0 Å². The molecule has 0 atom stereocenters. The molecule has 1 aromatic heterocycles. The molecule has 0 aliphatic carbocycles. The molecule has 0 aliphatic rings. The molecular weight excluding hydrogens is 581 g/mol. The predicted octanol–water partition coefficient (Wildman–Crippen LogP) is 13.5. The van der Waals surface area contributed by atoms with Gasteiger partial charge in [0.1, 0.15) is 11.2 Å². The summed E-state index contributed by atoms with van der Waals surface area (Å²) in [6.45, 7) is 2.24. The molecule has 1 heteroatoms. The molecule has 0 spiro atoms. The van der Waals surface area contributed by atoms with E-state index in [0.717, 1.165) is 21.9 Å². The van der Waals surface area contributed by atoms with Crippen LogP contribution in [-0.2, 0) is 0 Å². The topological polar surface area (TPSA) is 13.1 Å². The lowest BCUT2D eigenvalue weighted by Crippen LogP contribution is -1.91. The van der Waals surface area contributed by atoms with Crippen molar-refractivity contribution in [1.82, 2.24) is 0 Å². The van der Waals surface area contributed by atoms with E-state index in [2.05, 4.69) is 171 Å². The van der Waals surface area contributed by atoms with Crippen molar-refractivity contribution in [1.29, 1.82) is 0 Å². The molecule has 9 aromatic carbocycles. The summed E-state index contributed by atoms with van der Waals surface area (Å²) in [5, 5.41) is 12.4. The maximum absolute atomic E-state index is 6.61. The molecular formula is C47H30O. The Morgan fingerprint density at radius 2 is 0.812 bits per heavy atom. The van der Waals surface area contributed by atoms with Gasteiger partial charge in [0.05, 0.1) is 0 Å². The number of furan rings is 1. The molecule has 0 N–H and O–H groups in total. The lowest BCUT2D eigenvalue weighted by molar-refractivity contribution is 0.669. The average Bonchev–Trinajstić information content (AvgIpc) is 3.53. The second kappa shape index (κ2) is 10.4. The average molecular weight is 611 g/mol. The Labute approximate surface area is 278 Å². The summed E-state index contributed by atoms with van der Waals surface area (Å²) in [7, 11) is 0. The maximum Gasteiger partial charge on any atom is 0.136 e. The number of hydrogen-bond donors (Lipinski definition) is 0.